The Morgan fingerprint density at radius 3 is 1.16 bits per heavy atom. The van der Waals surface area contributed by atoms with Gasteiger partial charge in [0.25, 0.3) is 0 Å². The summed E-state index contributed by atoms with van der Waals surface area (Å²) in [5.74, 6) is -48.6. The van der Waals surface area contributed by atoms with E-state index >= 15 is 52.7 Å². The summed E-state index contributed by atoms with van der Waals surface area (Å²) in [6.07, 6.45) is -1.68. The van der Waals surface area contributed by atoms with E-state index in [0.29, 0.717) is 0 Å². The Balaban J connectivity index is 1.82. The van der Waals surface area contributed by atoms with Crippen LogP contribution in [0.15, 0.2) is 91.0 Å². The SMILES string of the molecule is CCCCCC(C(=C(OB(O)OC(c1ccccc1)(c1ccccc1)c1ccccc1)c1c(F)c(F)c(F)c(F)c1F)c1c(F)c(F)c(F)c(F)c1F)c1c(F)c(F)c(F)c(F)c1F. The van der Waals surface area contributed by atoms with Crippen molar-refractivity contribution in [2.75, 3.05) is 0 Å². The minimum atomic E-state index is -3.27. The number of unbranched alkanes of at least 4 members (excludes halogenated alkanes) is 2. The normalized spacial score (nSPS) is 12.6. The number of rotatable bonds is 15. The van der Waals surface area contributed by atoms with E-state index in [4.69, 9.17) is 9.31 Å². The Hall–Kier alpha value is -6.21. The number of halogens is 15. The summed E-state index contributed by atoms with van der Waals surface area (Å²) in [6.45, 7) is 1.49. The summed E-state index contributed by atoms with van der Waals surface area (Å²) in [4.78, 5) is 0. The van der Waals surface area contributed by atoms with Gasteiger partial charge in [-0.15, -0.1) is 0 Å². The lowest BCUT2D eigenvalue weighted by molar-refractivity contribution is 0.0806. The summed E-state index contributed by atoms with van der Waals surface area (Å²) < 4.78 is 243. The van der Waals surface area contributed by atoms with E-state index in [0.717, 1.165) is 0 Å². The van der Waals surface area contributed by atoms with Crippen LogP contribution < -0.4 is 0 Å². The highest BCUT2D eigenvalue weighted by molar-refractivity contribution is 6.37. The molecule has 0 radical (unpaired) electrons. The van der Waals surface area contributed by atoms with Crippen LogP contribution in [0, 0.1) is 87.3 Å². The molecule has 0 saturated carbocycles. The molecule has 0 heterocycles. The maximum Gasteiger partial charge on any atom is 0.711 e. The largest absolute Gasteiger partial charge is 0.711 e. The molecule has 0 bridgehead atoms. The topological polar surface area (TPSA) is 38.7 Å². The van der Waals surface area contributed by atoms with Crippen molar-refractivity contribution in [3.8, 4) is 0 Å². The van der Waals surface area contributed by atoms with Gasteiger partial charge in [0.1, 0.15) is 11.4 Å². The zero-order chi connectivity index (χ0) is 46.8. The first-order valence-electron chi connectivity index (χ1n) is 18.9. The van der Waals surface area contributed by atoms with Gasteiger partial charge in [-0.3, -0.25) is 0 Å². The second-order valence-electron chi connectivity index (χ2n) is 14.0. The van der Waals surface area contributed by atoms with Crippen LogP contribution in [0.3, 0.4) is 0 Å². The summed E-state index contributed by atoms with van der Waals surface area (Å²) in [5, 5.41) is 11.9. The van der Waals surface area contributed by atoms with Gasteiger partial charge in [-0.2, -0.15) is 0 Å². The Kier molecular flexibility index (Phi) is 14.2. The Labute approximate surface area is 354 Å². The molecule has 0 aromatic heterocycles. The predicted molar refractivity (Wildman–Crippen MR) is 202 cm³/mol. The van der Waals surface area contributed by atoms with Gasteiger partial charge in [-0.1, -0.05) is 117 Å². The zero-order valence-corrected chi connectivity index (χ0v) is 32.6. The highest BCUT2D eigenvalue weighted by Crippen LogP contribution is 2.49. The number of benzene rings is 6. The van der Waals surface area contributed by atoms with Gasteiger partial charge in [0.05, 0.1) is 11.1 Å². The quantitative estimate of drug-likeness (QED) is 0.0163. The molecule has 0 amide bonds. The Morgan fingerprint density at radius 1 is 0.469 bits per heavy atom. The molecule has 1 unspecified atom stereocenters. The number of allylic oxidation sites excluding steroid dienone is 1. The average molecular weight is 912 g/mol. The van der Waals surface area contributed by atoms with Crippen molar-refractivity contribution in [2.24, 2.45) is 0 Å². The molecule has 0 aliphatic carbocycles. The first-order valence-corrected chi connectivity index (χ1v) is 18.9. The van der Waals surface area contributed by atoms with Crippen LogP contribution in [-0.4, -0.2) is 12.3 Å². The van der Waals surface area contributed by atoms with Crippen molar-refractivity contribution in [1.29, 1.82) is 0 Å². The molecule has 6 aromatic carbocycles. The van der Waals surface area contributed by atoms with E-state index in [2.05, 4.69) is 0 Å². The van der Waals surface area contributed by atoms with E-state index < -0.39 is 147 Å². The highest BCUT2D eigenvalue weighted by Gasteiger charge is 2.46. The van der Waals surface area contributed by atoms with E-state index in [1.165, 1.54) is 97.9 Å². The molecular weight excluding hydrogens is 884 g/mol. The third-order valence-electron chi connectivity index (χ3n) is 10.2. The van der Waals surface area contributed by atoms with Crippen molar-refractivity contribution in [3.63, 3.8) is 0 Å². The van der Waals surface area contributed by atoms with Crippen molar-refractivity contribution >= 4 is 18.7 Å². The standard InChI is InChI=1S/C45H28BF15O3/c1-2-3-7-20-24(26-29(47)35(53)41(59)36(54)30(26)48)25(27-31(49)37(55)42(60)38(56)32(27)50)44(28-33(51)39(57)43(61)40(58)34(28)52)63-46(62)64-45(21-14-8-4-9-15-21,22-16-10-5-11-17-22)23-18-12-6-13-19-23/h4-6,8-19,24,62H,2-3,7,20H2,1H3. The lowest BCUT2D eigenvalue weighted by Crippen LogP contribution is -2.40. The molecule has 0 aliphatic rings. The smallest absolute Gasteiger partial charge is 0.511 e. The summed E-state index contributed by atoms with van der Waals surface area (Å²) in [7, 11) is -3.27. The fourth-order valence-corrected chi connectivity index (χ4v) is 7.31. The van der Waals surface area contributed by atoms with Gasteiger partial charge >= 0.3 is 7.32 Å². The number of hydrogen-bond acceptors (Lipinski definition) is 3. The molecule has 19 heteroatoms. The third-order valence-corrected chi connectivity index (χ3v) is 10.2. The van der Waals surface area contributed by atoms with E-state index in [-0.39, 0.29) is 29.5 Å². The molecule has 3 nitrogen and oxygen atoms in total. The maximum atomic E-state index is 16.2. The van der Waals surface area contributed by atoms with Gasteiger partial charge in [-0.25, -0.2) is 65.9 Å². The van der Waals surface area contributed by atoms with Gasteiger partial charge in [0.2, 0.25) is 17.5 Å². The monoisotopic (exact) mass is 912 g/mol. The molecule has 1 N–H and O–H groups in total. The Morgan fingerprint density at radius 2 is 0.797 bits per heavy atom. The molecular formula is C45H28BF15O3. The first-order chi connectivity index (χ1) is 30.4. The van der Waals surface area contributed by atoms with Crippen molar-refractivity contribution in [1.82, 2.24) is 0 Å². The summed E-state index contributed by atoms with van der Waals surface area (Å²) >= 11 is 0. The van der Waals surface area contributed by atoms with E-state index in [1.54, 1.807) is 0 Å². The predicted octanol–water partition coefficient (Wildman–Crippen LogP) is 13.0. The number of hydrogen-bond donors (Lipinski definition) is 1. The first kappa shape index (κ1) is 47.3. The van der Waals surface area contributed by atoms with Crippen LogP contribution in [0.5, 0.6) is 0 Å². The molecule has 0 fully saturated rings. The Bertz CT molecular complexity index is 2540. The van der Waals surface area contributed by atoms with Crippen molar-refractivity contribution in [2.45, 2.75) is 44.1 Å². The van der Waals surface area contributed by atoms with E-state index in [1.807, 2.05) is 0 Å². The molecule has 0 aliphatic heterocycles. The zero-order valence-electron chi connectivity index (χ0n) is 32.6. The fraction of sp³-hybridized carbons (Fsp3) is 0.156. The van der Waals surface area contributed by atoms with Gasteiger partial charge < -0.3 is 14.3 Å². The van der Waals surface area contributed by atoms with Crippen LogP contribution in [0.1, 0.15) is 71.9 Å². The van der Waals surface area contributed by atoms with Gasteiger partial charge in [0, 0.05) is 17.1 Å². The maximum absolute atomic E-state index is 16.2. The molecule has 0 spiro atoms. The molecule has 334 valence electrons. The van der Waals surface area contributed by atoms with Crippen LogP contribution >= 0.6 is 0 Å². The third kappa shape index (κ3) is 8.33. The highest BCUT2D eigenvalue weighted by atomic mass is 19.2. The molecule has 64 heavy (non-hydrogen) atoms. The molecule has 1 atom stereocenters. The lowest BCUT2D eigenvalue weighted by atomic mass is 9.78. The minimum Gasteiger partial charge on any atom is -0.511 e. The van der Waals surface area contributed by atoms with Crippen molar-refractivity contribution < 1.29 is 80.2 Å². The van der Waals surface area contributed by atoms with Crippen LogP contribution in [0.25, 0.3) is 11.3 Å². The molecule has 6 rings (SSSR count). The van der Waals surface area contributed by atoms with Crippen LogP contribution in [0.4, 0.5) is 65.9 Å². The lowest BCUT2D eigenvalue weighted by Gasteiger charge is -2.37. The minimum absolute atomic E-state index is 0.0932. The second-order valence-corrected chi connectivity index (χ2v) is 14.0. The van der Waals surface area contributed by atoms with E-state index in [9.17, 15) is 18.2 Å². The van der Waals surface area contributed by atoms with Crippen LogP contribution in [0.2, 0.25) is 0 Å². The fourth-order valence-electron chi connectivity index (χ4n) is 7.31. The van der Waals surface area contributed by atoms with Crippen molar-refractivity contribution in [3.05, 3.63) is 212 Å². The van der Waals surface area contributed by atoms with Gasteiger partial charge in [0.15, 0.2) is 69.8 Å². The summed E-state index contributed by atoms with van der Waals surface area (Å²) in [5.41, 5.74) is -11.2. The molecule has 0 saturated heterocycles. The average Bonchev–Trinajstić information content (AvgIpc) is 3.31. The molecule has 6 aromatic rings. The van der Waals surface area contributed by atoms with Crippen LogP contribution in [-0.2, 0) is 14.9 Å². The summed E-state index contributed by atoms with van der Waals surface area (Å²) in [6, 6.07) is 21.9. The second kappa shape index (κ2) is 19.3. The van der Waals surface area contributed by atoms with Gasteiger partial charge in [-0.05, 0) is 23.1 Å².